The van der Waals surface area contributed by atoms with Crippen LogP contribution in [0, 0.1) is 36.0 Å². The summed E-state index contributed by atoms with van der Waals surface area (Å²) in [6.07, 6.45) is 9.09. The second kappa shape index (κ2) is 7.74. The lowest BCUT2D eigenvalue weighted by Gasteiger charge is -2.36. The number of hydrogen-bond donors (Lipinski definition) is 1. The van der Waals surface area contributed by atoms with Crippen LogP contribution in [-0.4, -0.2) is 6.04 Å². The van der Waals surface area contributed by atoms with Gasteiger partial charge in [0.15, 0.2) is 0 Å². The van der Waals surface area contributed by atoms with Gasteiger partial charge in [-0.1, -0.05) is 59.8 Å². The average Bonchev–Trinajstić information content (AvgIpc) is 2.24. The van der Waals surface area contributed by atoms with Crippen LogP contribution in [0.25, 0.3) is 0 Å². The van der Waals surface area contributed by atoms with E-state index in [9.17, 15) is 0 Å². The second-order valence-corrected chi connectivity index (χ2v) is 5.35. The fourth-order valence-corrected chi connectivity index (χ4v) is 3.11. The van der Waals surface area contributed by atoms with Crippen LogP contribution in [0.1, 0.15) is 53.9 Å². The lowest BCUT2D eigenvalue weighted by atomic mass is 9.70. The van der Waals surface area contributed by atoms with Crippen molar-refractivity contribution in [2.45, 2.75) is 59.9 Å². The van der Waals surface area contributed by atoms with Crippen LogP contribution in [-0.2, 0) is 0 Å². The van der Waals surface area contributed by atoms with E-state index in [4.69, 9.17) is 12.2 Å². The molecule has 0 radical (unpaired) electrons. The maximum Gasteiger partial charge on any atom is 0.0693 e. The van der Waals surface area contributed by atoms with Gasteiger partial charge >= 0.3 is 0 Å². The van der Waals surface area contributed by atoms with E-state index in [-0.39, 0.29) is 6.04 Å². The molecule has 0 aliphatic heterocycles. The van der Waals surface area contributed by atoms with Gasteiger partial charge in [0.2, 0.25) is 0 Å². The fourth-order valence-electron chi connectivity index (χ4n) is 3.11. The van der Waals surface area contributed by atoms with Gasteiger partial charge in [0, 0.05) is 0 Å². The Morgan fingerprint density at radius 2 is 1.75 bits per heavy atom. The van der Waals surface area contributed by atoms with E-state index in [1.807, 2.05) is 0 Å². The van der Waals surface area contributed by atoms with Gasteiger partial charge in [-0.15, -0.1) is 6.42 Å². The maximum absolute atomic E-state index is 6.06. The van der Waals surface area contributed by atoms with Gasteiger partial charge in [-0.05, 0) is 23.7 Å². The molecule has 0 aromatic rings. The molecule has 0 aliphatic carbocycles. The Morgan fingerprint density at radius 3 is 2.06 bits per heavy atom. The zero-order valence-electron chi connectivity index (χ0n) is 11.7. The molecule has 94 valence electrons. The number of terminal acetylenes is 1. The van der Waals surface area contributed by atoms with E-state index in [2.05, 4.69) is 40.5 Å². The van der Waals surface area contributed by atoms with Crippen LogP contribution in [0.2, 0.25) is 0 Å². The lowest BCUT2D eigenvalue weighted by Crippen LogP contribution is -2.38. The van der Waals surface area contributed by atoms with Gasteiger partial charge in [0.25, 0.3) is 0 Å². The van der Waals surface area contributed by atoms with Crippen LogP contribution < -0.4 is 5.73 Å². The van der Waals surface area contributed by atoms with Crippen LogP contribution in [0.5, 0.6) is 0 Å². The van der Waals surface area contributed by atoms with Gasteiger partial charge in [-0.3, -0.25) is 0 Å². The van der Waals surface area contributed by atoms with Gasteiger partial charge < -0.3 is 5.73 Å². The van der Waals surface area contributed by atoms with Gasteiger partial charge in [0.1, 0.15) is 0 Å². The molecule has 0 heterocycles. The number of rotatable bonds is 7. The highest BCUT2D eigenvalue weighted by atomic mass is 14.6. The molecular weight excluding hydrogens is 194 g/mol. The van der Waals surface area contributed by atoms with Crippen molar-refractivity contribution in [1.82, 2.24) is 0 Å². The van der Waals surface area contributed by atoms with Crippen molar-refractivity contribution in [3.63, 3.8) is 0 Å². The summed E-state index contributed by atoms with van der Waals surface area (Å²) in [6.45, 7) is 11.4. The molecule has 0 aromatic heterocycles. The van der Waals surface area contributed by atoms with E-state index in [0.717, 1.165) is 6.42 Å². The standard InChI is InChI=1S/C15H29N/c1-7-10-12(6)15(11(4)5)13(8-2)14(16)9-3/h3,11-15H,7-8,10,16H2,1-2,4-6H3/t12-,13+,14+,15+/m0/s1. The minimum absolute atomic E-state index is 0.0864. The summed E-state index contributed by atoms with van der Waals surface area (Å²) in [4.78, 5) is 0. The third-order valence-electron chi connectivity index (χ3n) is 3.79. The third-order valence-corrected chi connectivity index (χ3v) is 3.79. The molecule has 0 fully saturated rings. The molecule has 16 heavy (non-hydrogen) atoms. The minimum atomic E-state index is -0.0864. The van der Waals surface area contributed by atoms with E-state index >= 15 is 0 Å². The highest BCUT2D eigenvalue weighted by Gasteiger charge is 2.31. The molecule has 2 N–H and O–H groups in total. The Labute approximate surface area is 102 Å². The molecule has 1 heteroatoms. The molecule has 4 atom stereocenters. The number of nitrogens with two attached hydrogens (primary N) is 1. The van der Waals surface area contributed by atoms with Crippen LogP contribution in [0.4, 0.5) is 0 Å². The zero-order chi connectivity index (χ0) is 12.7. The van der Waals surface area contributed by atoms with Crippen molar-refractivity contribution in [3.8, 4) is 12.3 Å². The lowest BCUT2D eigenvalue weighted by molar-refractivity contribution is 0.152. The second-order valence-electron chi connectivity index (χ2n) is 5.35. The van der Waals surface area contributed by atoms with Crippen LogP contribution in [0.3, 0.4) is 0 Å². The first-order valence-corrected chi connectivity index (χ1v) is 6.71. The quantitative estimate of drug-likeness (QED) is 0.655. The first kappa shape index (κ1) is 15.5. The van der Waals surface area contributed by atoms with Gasteiger partial charge in [-0.2, -0.15) is 0 Å². The molecule has 0 bridgehead atoms. The summed E-state index contributed by atoms with van der Waals surface area (Å²) < 4.78 is 0. The van der Waals surface area contributed by atoms with Crippen molar-refractivity contribution in [2.75, 3.05) is 0 Å². The van der Waals surface area contributed by atoms with E-state index in [1.54, 1.807) is 0 Å². The molecule has 0 spiro atoms. The summed E-state index contributed by atoms with van der Waals surface area (Å²) in [5.74, 6) is 5.21. The maximum atomic E-state index is 6.06. The summed E-state index contributed by atoms with van der Waals surface area (Å²) in [5, 5.41) is 0. The predicted octanol–water partition coefficient (Wildman–Crippen LogP) is 3.68. The number of hydrogen-bond acceptors (Lipinski definition) is 1. The van der Waals surface area contributed by atoms with Crippen molar-refractivity contribution in [1.29, 1.82) is 0 Å². The average molecular weight is 223 g/mol. The highest BCUT2D eigenvalue weighted by Crippen LogP contribution is 2.34. The fraction of sp³-hybridized carbons (Fsp3) is 0.867. The van der Waals surface area contributed by atoms with E-state index in [0.29, 0.717) is 23.7 Å². The summed E-state index contributed by atoms with van der Waals surface area (Å²) in [5.41, 5.74) is 6.06. The molecule has 0 aromatic carbocycles. The molecular formula is C15H29N. The van der Waals surface area contributed by atoms with Crippen molar-refractivity contribution in [3.05, 3.63) is 0 Å². The smallest absolute Gasteiger partial charge is 0.0693 e. The zero-order valence-corrected chi connectivity index (χ0v) is 11.7. The Balaban J connectivity index is 4.80. The van der Waals surface area contributed by atoms with Crippen LogP contribution >= 0.6 is 0 Å². The summed E-state index contributed by atoms with van der Waals surface area (Å²) >= 11 is 0. The molecule has 0 unspecified atom stereocenters. The molecule has 0 amide bonds. The minimum Gasteiger partial charge on any atom is -0.317 e. The summed E-state index contributed by atoms with van der Waals surface area (Å²) in [7, 11) is 0. The van der Waals surface area contributed by atoms with Crippen molar-refractivity contribution < 1.29 is 0 Å². The largest absolute Gasteiger partial charge is 0.317 e. The normalized spacial score (nSPS) is 18.9. The summed E-state index contributed by atoms with van der Waals surface area (Å²) in [6, 6.07) is -0.0864. The Morgan fingerprint density at radius 1 is 1.19 bits per heavy atom. The monoisotopic (exact) mass is 223 g/mol. The van der Waals surface area contributed by atoms with Gasteiger partial charge in [-0.25, -0.2) is 0 Å². The molecule has 0 rings (SSSR count). The Hall–Kier alpha value is -0.480. The predicted molar refractivity (Wildman–Crippen MR) is 73.0 cm³/mol. The topological polar surface area (TPSA) is 26.0 Å². The van der Waals surface area contributed by atoms with E-state index in [1.165, 1.54) is 12.8 Å². The molecule has 0 aliphatic rings. The van der Waals surface area contributed by atoms with Crippen molar-refractivity contribution >= 4 is 0 Å². The Kier molecular flexibility index (Phi) is 7.51. The molecule has 1 nitrogen and oxygen atoms in total. The molecule has 0 saturated carbocycles. The SMILES string of the molecule is C#C[C@@H](N)[C@@H](CC)[C@H](C(C)C)[C@@H](C)CCC. The van der Waals surface area contributed by atoms with E-state index < -0.39 is 0 Å². The van der Waals surface area contributed by atoms with Crippen LogP contribution in [0.15, 0.2) is 0 Å². The molecule has 0 saturated heterocycles. The highest BCUT2D eigenvalue weighted by molar-refractivity contribution is 5.02. The third kappa shape index (κ3) is 4.18. The van der Waals surface area contributed by atoms with Gasteiger partial charge in [0.05, 0.1) is 6.04 Å². The first-order chi connectivity index (χ1) is 7.49. The first-order valence-electron chi connectivity index (χ1n) is 6.71. The van der Waals surface area contributed by atoms with Crippen molar-refractivity contribution in [2.24, 2.45) is 29.4 Å². The Bertz CT molecular complexity index is 214.